The monoisotopic (exact) mass is 358 g/mol. The molecular formula is C22H34N2O2. The van der Waals surface area contributed by atoms with Crippen LogP contribution in [0.5, 0.6) is 0 Å². The van der Waals surface area contributed by atoms with E-state index in [1.165, 1.54) is 18.4 Å². The van der Waals surface area contributed by atoms with E-state index in [1.54, 1.807) is 0 Å². The fourth-order valence-corrected chi connectivity index (χ4v) is 4.58. The number of nitrogens with zero attached hydrogens (tertiary/aromatic N) is 2. The second kappa shape index (κ2) is 9.01. The Morgan fingerprint density at radius 2 is 2.00 bits per heavy atom. The average molecular weight is 359 g/mol. The molecule has 0 aliphatic carbocycles. The lowest BCUT2D eigenvalue weighted by atomic mass is 9.89. The number of likely N-dealkylation sites (tertiary alicyclic amines) is 1. The summed E-state index contributed by atoms with van der Waals surface area (Å²) < 4.78 is 6.54. The van der Waals surface area contributed by atoms with E-state index in [0.717, 1.165) is 52.0 Å². The van der Waals surface area contributed by atoms with E-state index >= 15 is 0 Å². The lowest BCUT2D eigenvalue weighted by Crippen LogP contribution is -2.47. The van der Waals surface area contributed by atoms with Crippen molar-refractivity contribution in [3.8, 4) is 0 Å². The van der Waals surface area contributed by atoms with E-state index in [1.807, 2.05) is 18.7 Å². The minimum Gasteiger partial charge on any atom is -0.370 e. The Balaban J connectivity index is 1.49. The highest BCUT2D eigenvalue weighted by Gasteiger charge is 2.43. The normalized spacial score (nSPS) is 26.3. The minimum absolute atomic E-state index is 0.0238. The Kier molecular flexibility index (Phi) is 6.71. The van der Waals surface area contributed by atoms with Gasteiger partial charge in [0, 0.05) is 32.6 Å². The first kappa shape index (κ1) is 19.4. The van der Waals surface area contributed by atoms with Gasteiger partial charge in [0.05, 0.1) is 11.7 Å². The van der Waals surface area contributed by atoms with E-state index in [-0.39, 0.29) is 17.6 Å². The Bertz CT molecular complexity index is 573. The molecule has 2 atom stereocenters. The van der Waals surface area contributed by atoms with Crippen molar-refractivity contribution >= 4 is 5.91 Å². The predicted octanol–water partition coefficient (Wildman–Crippen LogP) is 3.85. The Labute approximate surface area is 158 Å². The number of carbonyl (C=O) groups excluding carboxylic acids is 1. The van der Waals surface area contributed by atoms with Gasteiger partial charge in [0.25, 0.3) is 0 Å². The standard InChI is InChI=1S/C22H34N2O2/c1-3-24(4-2)21(25)12-11-20-13-15-22(26-20)14-8-16-23(18-22)17-19-9-6-5-7-10-19/h5-7,9-10,20H,3-4,8,11-18H2,1-2H3/t20-,22+/m1/s1. The molecule has 2 aliphatic heterocycles. The van der Waals surface area contributed by atoms with Gasteiger partial charge in [0.2, 0.25) is 5.91 Å². The van der Waals surface area contributed by atoms with Crippen molar-refractivity contribution in [2.75, 3.05) is 26.2 Å². The zero-order chi connectivity index (χ0) is 18.4. The number of hydrogen-bond acceptors (Lipinski definition) is 3. The number of amides is 1. The third kappa shape index (κ3) is 4.86. The van der Waals surface area contributed by atoms with Gasteiger partial charge >= 0.3 is 0 Å². The maximum Gasteiger partial charge on any atom is 0.222 e. The second-order valence-electron chi connectivity index (χ2n) is 7.87. The van der Waals surface area contributed by atoms with Crippen LogP contribution in [0.3, 0.4) is 0 Å². The number of ether oxygens (including phenoxy) is 1. The molecule has 1 amide bonds. The molecule has 1 aromatic carbocycles. The highest BCUT2D eigenvalue weighted by atomic mass is 16.5. The zero-order valence-corrected chi connectivity index (χ0v) is 16.5. The molecule has 2 heterocycles. The lowest BCUT2D eigenvalue weighted by molar-refractivity contribution is -0.132. The first-order valence-corrected chi connectivity index (χ1v) is 10.4. The van der Waals surface area contributed by atoms with Crippen molar-refractivity contribution in [3.05, 3.63) is 35.9 Å². The summed E-state index contributed by atoms with van der Waals surface area (Å²) in [5, 5.41) is 0. The van der Waals surface area contributed by atoms with Crippen LogP contribution in [0, 0.1) is 0 Å². The number of rotatable bonds is 7. The summed E-state index contributed by atoms with van der Waals surface area (Å²) in [6, 6.07) is 10.7. The van der Waals surface area contributed by atoms with E-state index in [0.29, 0.717) is 6.42 Å². The summed E-state index contributed by atoms with van der Waals surface area (Å²) >= 11 is 0. The van der Waals surface area contributed by atoms with Gasteiger partial charge in [0.1, 0.15) is 0 Å². The lowest BCUT2D eigenvalue weighted by Gasteiger charge is -2.40. The molecule has 4 nitrogen and oxygen atoms in total. The van der Waals surface area contributed by atoms with Crippen molar-refractivity contribution in [3.63, 3.8) is 0 Å². The third-order valence-electron chi connectivity index (χ3n) is 6.00. The summed E-state index contributed by atoms with van der Waals surface area (Å²) in [4.78, 5) is 16.7. The van der Waals surface area contributed by atoms with E-state index in [2.05, 4.69) is 35.2 Å². The molecule has 144 valence electrons. The van der Waals surface area contributed by atoms with Crippen LogP contribution < -0.4 is 0 Å². The van der Waals surface area contributed by atoms with Gasteiger partial charge in [-0.25, -0.2) is 0 Å². The maximum absolute atomic E-state index is 12.2. The van der Waals surface area contributed by atoms with Crippen LogP contribution in [-0.4, -0.2) is 53.6 Å². The Morgan fingerprint density at radius 1 is 1.23 bits per heavy atom. The summed E-state index contributed by atoms with van der Waals surface area (Å²) in [5.74, 6) is 0.272. The van der Waals surface area contributed by atoms with Gasteiger partial charge in [0.15, 0.2) is 0 Å². The van der Waals surface area contributed by atoms with Crippen molar-refractivity contribution in [1.29, 1.82) is 0 Å². The van der Waals surface area contributed by atoms with Crippen LogP contribution in [0.2, 0.25) is 0 Å². The fourth-order valence-electron chi connectivity index (χ4n) is 4.58. The molecular weight excluding hydrogens is 324 g/mol. The highest BCUT2D eigenvalue weighted by Crippen LogP contribution is 2.39. The van der Waals surface area contributed by atoms with Gasteiger partial charge in [-0.15, -0.1) is 0 Å². The predicted molar refractivity (Wildman–Crippen MR) is 105 cm³/mol. The number of piperidine rings is 1. The van der Waals surface area contributed by atoms with Crippen LogP contribution in [0.1, 0.15) is 57.9 Å². The molecule has 1 aromatic rings. The third-order valence-corrected chi connectivity index (χ3v) is 6.00. The van der Waals surface area contributed by atoms with Gasteiger partial charge < -0.3 is 9.64 Å². The molecule has 0 N–H and O–H groups in total. The largest absolute Gasteiger partial charge is 0.370 e. The first-order valence-electron chi connectivity index (χ1n) is 10.4. The molecule has 26 heavy (non-hydrogen) atoms. The first-order chi connectivity index (χ1) is 12.6. The van der Waals surface area contributed by atoms with Crippen molar-refractivity contribution in [2.24, 2.45) is 0 Å². The summed E-state index contributed by atoms with van der Waals surface area (Å²) in [6.07, 6.45) is 6.36. The zero-order valence-electron chi connectivity index (χ0n) is 16.5. The molecule has 0 bridgehead atoms. The molecule has 2 aliphatic rings. The van der Waals surface area contributed by atoms with E-state index < -0.39 is 0 Å². The van der Waals surface area contributed by atoms with Crippen molar-refractivity contribution < 1.29 is 9.53 Å². The molecule has 4 heteroatoms. The smallest absolute Gasteiger partial charge is 0.222 e. The number of carbonyl (C=O) groups is 1. The molecule has 0 saturated carbocycles. The molecule has 0 radical (unpaired) electrons. The van der Waals surface area contributed by atoms with Crippen LogP contribution in [0.25, 0.3) is 0 Å². The van der Waals surface area contributed by atoms with Gasteiger partial charge in [-0.1, -0.05) is 30.3 Å². The van der Waals surface area contributed by atoms with E-state index in [9.17, 15) is 4.79 Å². The average Bonchev–Trinajstić information content (AvgIpc) is 3.04. The molecule has 3 rings (SSSR count). The van der Waals surface area contributed by atoms with E-state index in [4.69, 9.17) is 4.74 Å². The number of hydrogen-bond donors (Lipinski definition) is 0. The summed E-state index contributed by atoms with van der Waals surface area (Å²) in [5.41, 5.74) is 1.40. The van der Waals surface area contributed by atoms with Gasteiger partial charge in [-0.2, -0.15) is 0 Å². The quantitative estimate of drug-likeness (QED) is 0.742. The molecule has 0 unspecified atom stereocenters. The van der Waals surface area contributed by atoms with Crippen LogP contribution in [0.4, 0.5) is 0 Å². The SMILES string of the molecule is CCN(CC)C(=O)CC[C@@H]1CC[C@]2(CCCN(Cc3ccccc3)C2)O1. The molecule has 2 saturated heterocycles. The maximum atomic E-state index is 12.2. The fraction of sp³-hybridized carbons (Fsp3) is 0.682. The second-order valence-corrected chi connectivity index (χ2v) is 7.87. The van der Waals surface area contributed by atoms with Crippen LogP contribution in [0.15, 0.2) is 30.3 Å². The molecule has 1 spiro atoms. The topological polar surface area (TPSA) is 32.8 Å². The van der Waals surface area contributed by atoms with Gasteiger partial charge in [-0.05, 0) is 58.1 Å². The molecule has 2 fully saturated rings. The highest BCUT2D eigenvalue weighted by molar-refractivity contribution is 5.76. The Morgan fingerprint density at radius 3 is 2.73 bits per heavy atom. The minimum atomic E-state index is 0.0238. The van der Waals surface area contributed by atoms with Gasteiger partial charge in [-0.3, -0.25) is 9.69 Å². The van der Waals surface area contributed by atoms with Crippen molar-refractivity contribution in [2.45, 2.75) is 70.6 Å². The molecule has 0 aromatic heterocycles. The van der Waals surface area contributed by atoms with Crippen LogP contribution >= 0.6 is 0 Å². The summed E-state index contributed by atoms with van der Waals surface area (Å²) in [7, 11) is 0. The Hall–Kier alpha value is -1.39. The van der Waals surface area contributed by atoms with Crippen molar-refractivity contribution in [1.82, 2.24) is 9.80 Å². The summed E-state index contributed by atoms with van der Waals surface area (Å²) in [6.45, 7) is 8.90. The number of benzene rings is 1. The van der Waals surface area contributed by atoms with Crippen LogP contribution in [-0.2, 0) is 16.1 Å².